The van der Waals surface area contributed by atoms with Gasteiger partial charge in [-0.1, -0.05) is 85.8 Å². The minimum atomic E-state index is -0.173. The van der Waals surface area contributed by atoms with Gasteiger partial charge in [-0.25, -0.2) is 0 Å². The zero-order valence-electron chi connectivity index (χ0n) is 25.6. The molecule has 0 spiro atoms. The highest BCUT2D eigenvalue weighted by Crippen LogP contribution is 2.52. The van der Waals surface area contributed by atoms with Gasteiger partial charge in [-0.15, -0.1) is 10.2 Å². The number of hydrogen-bond acceptors (Lipinski definition) is 5. The van der Waals surface area contributed by atoms with E-state index in [-0.39, 0.29) is 17.2 Å². The van der Waals surface area contributed by atoms with Gasteiger partial charge in [0.25, 0.3) is 0 Å². The van der Waals surface area contributed by atoms with Gasteiger partial charge in [0, 0.05) is 50.2 Å². The molecule has 1 N–H and O–H groups in total. The first-order chi connectivity index (χ1) is 22.5. The monoisotopic (exact) mass is 600 g/mol. The van der Waals surface area contributed by atoms with Gasteiger partial charge in [0.15, 0.2) is 0 Å². The van der Waals surface area contributed by atoms with Gasteiger partial charge >= 0.3 is 0 Å². The van der Waals surface area contributed by atoms with E-state index in [1.54, 1.807) is 18.2 Å². The summed E-state index contributed by atoms with van der Waals surface area (Å²) >= 11 is 0. The molecule has 0 saturated carbocycles. The summed E-state index contributed by atoms with van der Waals surface area (Å²) in [6.45, 7) is 4.60. The SMILES string of the molecule is CC1C=Cc2c(n(-c3cc(-c4nnc(-c5cccc(O)c5)o4)cc(N4c5ccccc5C5(C)C=CC=CC45)c3)c3ccccc23)C1. The zero-order chi connectivity index (χ0) is 31.0. The molecule has 4 aromatic carbocycles. The topological polar surface area (TPSA) is 67.3 Å². The van der Waals surface area contributed by atoms with Crippen LogP contribution in [-0.2, 0) is 11.8 Å². The molecule has 0 radical (unpaired) electrons. The number of phenols is 1. The number of allylic oxidation sites excluding steroid dienone is 3. The Bertz CT molecular complexity index is 2270. The molecule has 6 heteroatoms. The van der Waals surface area contributed by atoms with Crippen LogP contribution in [0.3, 0.4) is 0 Å². The van der Waals surface area contributed by atoms with Crippen molar-refractivity contribution < 1.29 is 9.52 Å². The van der Waals surface area contributed by atoms with Crippen LogP contribution in [-0.4, -0.2) is 25.9 Å². The Kier molecular flexibility index (Phi) is 5.78. The van der Waals surface area contributed by atoms with Crippen molar-refractivity contribution in [1.29, 1.82) is 0 Å². The molecule has 9 rings (SSSR count). The summed E-state index contributed by atoms with van der Waals surface area (Å²) in [7, 11) is 0. The van der Waals surface area contributed by atoms with E-state index in [4.69, 9.17) is 4.42 Å². The average Bonchev–Trinajstić information content (AvgIpc) is 3.76. The molecule has 0 bridgehead atoms. The maximum atomic E-state index is 10.1. The van der Waals surface area contributed by atoms with Crippen molar-refractivity contribution in [3.63, 3.8) is 0 Å². The molecule has 3 atom stereocenters. The molecule has 3 heterocycles. The van der Waals surface area contributed by atoms with Gasteiger partial charge in [0.2, 0.25) is 11.8 Å². The molecule has 0 fully saturated rings. The number of benzene rings is 4. The summed E-state index contributed by atoms with van der Waals surface area (Å²) in [5.74, 6) is 1.37. The number of hydrogen-bond donors (Lipinski definition) is 1. The molecule has 6 aromatic rings. The van der Waals surface area contributed by atoms with Crippen LogP contribution in [0, 0.1) is 5.92 Å². The van der Waals surface area contributed by atoms with E-state index >= 15 is 0 Å². The van der Waals surface area contributed by atoms with Gasteiger partial charge in [-0.05, 0) is 73.4 Å². The van der Waals surface area contributed by atoms with E-state index in [1.807, 2.05) is 6.07 Å². The van der Waals surface area contributed by atoms with Crippen LogP contribution in [0.1, 0.15) is 30.7 Å². The van der Waals surface area contributed by atoms with E-state index in [0.717, 1.165) is 23.4 Å². The molecule has 2 aliphatic carbocycles. The molecular formula is C40H32N4O2. The summed E-state index contributed by atoms with van der Waals surface area (Å²) in [5.41, 5.74) is 9.68. The molecule has 6 nitrogen and oxygen atoms in total. The Balaban J connectivity index is 1.29. The van der Waals surface area contributed by atoms with Crippen molar-refractivity contribution in [3.05, 3.63) is 138 Å². The third kappa shape index (κ3) is 3.96. The molecule has 224 valence electrons. The van der Waals surface area contributed by atoms with E-state index in [0.29, 0.717) is 23.3 Å². The molecule has 46 heavy (non-hydrogen) atoms. The first kappa shape index (κ1) is 26.8. The molecular weight excluding hydrogens is 568 g/mol. The van der Waals surface area contributed by atoms with E-state index < -0.39 is 0 Å². The van der Waals surface area contributed by atoms with Crippen LogP contribution in [0.4, 0.5) is 11.4 Å². The van der Waals surface area contributed by atoms with Crippen molar-refractivity contribution in [2.24, 2.45) is 5.92 Å². The average molecular weight is 601 g/mol. The normalized spacial score (nSPS) is 21.0. The van der Waals surface area contributed by atoms with Gasteiger partial charge in [-0.2, -0.15) is 0 Å². The lowest BCUT2D eigenvalue weighted by Gasteiger charge is -2.35. The summed E-state index contributed by atoms with van der Waals surface area (Å²) in [6.07, 6.45) is 14.5. The highest BCUT2D eigenvalue weighted by atomic mass is 16.4. The molecule has 0 amide bonds. The Hall–Kier alpha value is -5.62. The van der Waals surface area contributed by atoms with Gasteiger partial charge in [-0.3, -0.25) is 0 Å². The van der Waals surface area contributed by atoms with Gasteiger partial charge < -0.3 is 19.0 Å². The second-order valence-corrected chi connectivity index (χ2v) is 12.8. The molecule has 2 aromatic heterocycles. The lowest BCUT2D eigenvalue weighted by Crippen LogP contribution is -2.39. The van der Waals surface area contributed by atoms with Crippen molar-refractivity contribution in [3.8, 4) is 34.3 Å². The summed E-state index contributed by atoms with van der Waals surface area (Å²) < 4.78 is 8.74. The van der Waals surface area contributed by atoms with Crippen LogP contribution >= 0.6 is 0 Å². The van der Waals surface area contributed by atoms with Crippen LogP contribution in [0.25, 0.3) is 45.6 Å². The summed E-state index contributed by atoms with van der Waals surface area (Å²) in [5, 5.41) is 20.2. The summed E-state index contributed by atoms with van der Waals surface area (Å²) in [4.78, 5) is 2.45. The fraction of sp³-hybridized carbons (Fsp3) is 0.150. The van der Waals surface area contributed by atoms with E-state index in [9.17, 15) is 5.11 Å². The fourth-order valence-electron chi connectivity index (χ4n) is 7.63. The number of aromatic hydroxyl groups is 1. The minimum Gasteiger partial charge on any atom is -0.508 e. The smallest absolute Gasteiger partial charge is 0.248 e. The molecule has 0 saturated heterocycles. The van der Waals surface area contributed by atoms with Crippen molar-refractivity contribution in [2.75, 3.05) is 4.90 Å². The Morgan fingerprint density at radius 2 is 1.63 bits per heavy atom. The van der Waals surface area contributed by atoms with Crippen LogP contribution in [0.15, 0.2) is 126 Å². The highest BCUT2D eigenvalue weighted by Gasteiger charge is 2.46. The van der Waals surface area contributed by atoms with Crippen LogP contribution in [0.2, 0.25) is 0 Å². The minimum absolute atomic E-state index is 0.0989. The lowest BCUT2D eigenvalue weighted by atomic mass is 9.76. The van der Waals surface area contributed by atoms with Crippen molar-refractivity contribution in [1.82, 2.24) is 14.8 Å². The highest BCUT2D eigenvalue weighted by molar-refractivity contribution is 5.94. The predicted molar refractivity (Wildman–Crippen MR) is 184 cm³/mol. The number of anilines is 2. The third-order valence-corrected chi connectivity index (χ3v) is 9.81. The lowest BCUT2D eigenvalue weighted by molar-refractivity contribution is 0.475. The Morgan fingerprint density at radius 1 is 0.826 bits per heavy atom. The quantitative estimate of drug-likeness (QED) is 0.219. The first-order valence-corrected chi connectivity index (χ1v) is 15.8. The van der Waals surface area contributed by atoms with Gasteiger partial charge in [0.05, 0.1) is 11.6 Å². The largest absolute Gasteiger partial charge is 0.508 e. The van der Waals surface area contributed by atoms with Crippen molar-refractivity contribution >= 4 is 28.4 Å². The van der Waals surface area contributed by atoms with Crippen LogP contribution < -0.4 is 4.90 Å². The predicted octanol–water partition coefficient (Wildman–Crippen LogP) is 9.16. The van der Waals surface area contributed by atoms with E-state index in [1.165, 1.54) is 33.4 Å². The maximum absolute atomic E-state index is 10.1. The number of aromatic nitrogens is 3. The number of fused-ring (bicyclic) bond motifs is 6. The summed E-state index contributed by atoms with van der Waals surface area (Å²) in [6, 6.07) is 31.0. The van der Waals surface area contributed by atoms with Gasteiger partial charge in [0.1, 0.15) is 5.75 Å². The first-order valence-electron chi connectivity index (χ1n) is 15.8. The molecule has 1 aliphatic heterocycles. The number of phenolic OH excluding ortho intramolecular Hbond substituents is 1. The number of rotatable bonds is 4. The number of para-hydroxylation sites is 2. The molecule has 3 unspecified atom stereocenters. The second-order valence-electron chi connectivity index (χ2n) is 12.8. The second kappa shape index (κ2) is 9.94. The van der Waals surface area contributed by atoms with Crippen LogP contribution in [0.5, 0.6) is 5.75 Å². The van der Waals surface area contributed by atoms with E-state index in [2.05, 4.69) is 137 Å². The maximum Gasteiger partial charge on any atom is 0.248 e. The zero-order valence-corrected chi connectivity index (χ0v) is 25.6. The Labute approximate surface area is 267 Å². The fourth-order valence-corrected chi connectivity index (χ4v) is 7.63. The standard InChI is InChI=1S/C40H32N4O2/c1-25-17-18-32-31-12-3-5-14-34(31)43(36(32)20-25)28-21-27(39-42-41-38(46-39)26-10-9-11-30(45)23-26)22-29(24-28)44-35-15-6-4-13-33(35)40(2)19-8-7-16-37(40)44/h3-19,21-25,37,45H,20H2,1-2H3. The third-order valence-electron chi connectivity index (χ3n) is 9.81. The Morgan fingerprint density at radius 3 is 2.52 bits per heavy atom. The molecule has 3 aliphatic rings. The van der Waals surface area contributed by atoms with Crippen molar-refractivity contribution in [2.45, 2.75) is 31.7 Å². The number of nitrogens with zero attached hydrogens (tertiary/aromatic N) is 4.